The molecule has 1 aromatic carbocycles. The minimum absolute atomic E-state index is 0.0166. The summed E-state index contributed by atoms with van der Waals surface area (Å²) in [4.78, 5) is 15.1. The molecule has 3 rings (SSSR count). The summed E-state index contributed by atoms with van der Waals surface area (Å²) < 4.78 is 56.5. The number of azide groups is 1. The summed E-state index contributed by atoms with van der Waals surface area (Å²) in [5.74, 6) is -0.288. The van der Waals surface area contributed by atoms with Crippen LogP contribution >= 0.6 is 0 Å². The second kappa shape index (κ2) is 25.6. The Morgan fingerprint density at radius 1 is 0.863 bits per heavy atom. The SMILES string of the molecule is CCCCOC1[C@@H](OC[C@H](N=[N+]=[N-])[C@H](OCCCC)[C@@H](CCCC(=O)OC)OCCCC)OC2COC(c3ccccc3)O[C@@H]2[C@@H]1OCCCC. The van der Waals surface area contributed by atoms with Crippen molar-refractivity contribution >= 4 is 5.97 Å². The number of esters is 1. The number of unbranched alkanes of at least 4 members (excludes halogenated alkanes) is 4. The number of methoxy groups -OCH3 is 1. The molecule has 2 heterocycles. The molecule has 0 amide bonds. The average Bonchev–Trinajstić information content (AvgIpc) is 3.15. The van der Waals surface area contributed by atoms with Crippen LogP contribution < -0.4 is 0 Å². The molecule has 290 valence electrons. The van der Waals surface area contributed by atoms with Crippen LogP contribution in [0.5, 0.6) is 0 Å². The minimum Gasteiger partial charge on any atom is -0.469 e. The van der Waals surface area contributed by atoms with E-state index < -0.39 is 55.2 Å². The van der Waals surface area contributed by atoms with Gasteiger partial charge in [-0.1, -0.05) is 88.8 Å². The molecule has 0 radical (unpaired) electrons. The van der Waals surface area contributed by atoms with Gasteiger partial charge in [0.2, 0.25) is 0 Å². The molecule has 0 bridgehead atoms. The maximum absolute atomic E-state index is 11.9. The molecule has 2 aliphatic rings. The molecular weight excluding hydrogens is 658 g/mol. The summed E-state index contributed by atoms with van der Waals surface area (Å²) in [6.07, 6.45) is 4.00. The predicted molar refractivity (Wildman–Crippen MR) is 192 cm³/mol. The highest BCUT2D eigenvalue weighted by Gasteiger charge is 2.52. The number of carbonyl (C=O) groups is 1. The maximum atomic E-state index is 11.9. The molecular formula is C38H63N3O10. The summed E-state index contributed by atoms with van der Waals surface area (Å²) >= 11 is 0. The zero-order chi connectivity index (χ0) is 36.7. The van der Waals surface area contributed by atoms with Gasteiger partial charge in [-0.3, -0.25) is 4.79 Å². The van der Waals surface area contributed by atoms with E-state index in [1.165, 1.54) is 7.11 Å². The number of nitrogens with zero attached hydrogens (tertiary/aromatic N) is 3. The highest BCUT2D eigenvalue weighted by atomic mass is 16.8. The summed E-state index contributed by atoms with van der Waals surface area (Å²) in [7, 11) is 1.38. The van der Waals surface area contributed by atoms with E-state index in [4.69, 9.17) is 42.6 Å². The van der Waals surface area contributed by atoms with Gasteiger partial charge in [-0.15, -0.1) is 0 Å². The molecule has 0 spiro atoms. The number of benzene rings is 1. The zero-order valence-electron chi connectivity index (χ0n) is 31.5. The molecule has 2 saturated heterocycles. The molecule has 0 aliphatic carbocycles. The van der Waals surface area contributed by atoms with Crippen molar-refractivity contribution < 1.29 is 47.4 Å². The Hall–Kier alpha value is -2.32. The second-order valence-corrected chi connectivity index (χ2v) is 13.1. The van der Waals surface area contributed by atoms with Crippen LogP contribution in [0.15, 0.2) is 35.4 Å². The Bertz CT molecular complexity index is 1110. The Kier molecular flexibility index (Phi) is 21.6. The third kappa shape index (κ3) is 14.6. The number of rotatable bonds is 27. The number of hydrogen-bond acceptors (Lipinski definition) is 11. The van der Waals surface area contributed by atoms with Gasteiger partial charge in [0, 0.05) is 43.3 Å². The lowest BCUT2D eigenvalue weighted by molar-refractivity contribution is -0.371. The molecule has 2 aliphatic heterocycles. The van der Waals surface area contributed by atoms with E-state index in [1.807, 2.05) is 30.3 Å². The van der Waals surface area contributed by atoms with Crippen molar-refractivity contribution in [2.45, 2.75) is 154 Å². The van der Waals surface area contributed by atoms with Gasteiger partial charge in [0.05, 0.1) is 38.6 Å². The van der Waals surface area contributed by atoms with Gasteiger partial charge in [0.25, 0.3) is 0 Å². The van der Waals surface area contributed by atoms with Crippen molar-refractivity contribution in [2.24, 2.45) is 5.11 Å². The first kappa shape index (κ1) is 43.1. The quantitative estimate of drug-likeness (QED) is 0.0292. The minimum atomic E-state index is -0.860. The third-order valence-corrected chi connectivity index (χ3v) is 9.08. The topological polar surface area (TPSA) is 149 Å². The lowest BCUT2D eigenvalue weighted by atomic mass is 9.96. The van der Waals surface area contributed by atoms with E-state index in [-0.39, 0.29) is 25.6 Å². The number of hydrogen-bond donors (Lipinski definition) is 0. The molecule has 0 aromatic heterocycles. The lowest BCUT2D eigenvalue weighted by Gasteiger charge is -2.49. The third-order valence-electron chi connectivity index (χ3n) is 9.08. The van der Waals surface area contributed by atoms with Crippen molar-refractivity contribution in [3.63, 3.8) is 0 Å². The Morgan fingerprint density at radius 2 is 1.51 bits per heavy atom. The smallest absolute Gasteiger partial charge is 0.305 e. The fourth-order valence-electron chi connectivity index (χ4n) is 6.11. The number of ether oxygens (including phenoxy) is 9. The average molecular weight is 722 g/mol. The molecule has 9 atom stereocenters. The molecule has 1 aromatic rings. The molecule has 2 fully saturated rings. The summed E-state index contributed by atoms with van der Waals surface area (Å²) in [5, 5.41) is 4.18. The largest absolute Gasteiger partial charge is 0.469 e. The van der Waals surface area contributed by atoms with Crippen molar-refractivity contribution in [3.8, 4) is 0 Å². The highest BCUT2D eigenvalue weighted by molar-refractivity contribution is 5.68. The first-order valence-electron chi connectivity index (χ1n) is 19.2. The predicted octanol–water partition coefficient (Wildman–Crippen LogP) is 7.61. The van der Waals surface area contributed by atoms with Gasteiger partial charge >= 0.3 is 5.97 Å². The van der Waals surface area contributed by atoms with Gasteiger partial charge in [0.1, 0.15) is 24.4 Å². The first-order chi connectivity index (χ1) is 25.0. The molecule has 0 saturated carbocycles. The van der Waals surface area contributed by atoms with Crippen LogP contribution in [0.3, 0.4) is 0 Å². The van der Waals surface area contributed by atoms with Gasteiger partial charge in [-0.2, -0.15) is 0 Å². The monoisotopic (exact) mass is 721 g/mol. The van der Waals surface area contributed by atoms with Crippen LogP contribution in [0, 0.1) is 0 Å². The van der Waals surface area contributed by atoms with E-state index >= 15 is 0 Å². The van der Waals surface area contributed by atoms with Gasteiger partial charge in [0.15, 0.2) is 12.6 Å². The Labute approximate surface area is 304 Å². The van der Waals surface area contributed by atoms with E-state index in [9.17, 15) is 10.3 Å². The molecule has 0 N–H and O–H groups in total. The number of carbonyl (C=O) groups excluding carboxylic acids is 1. The second-order valence-electron chi connectivity index (χ2n) is 13.1. The molecule has 51 heavy (non-hydrogen) atoms. The van der Waals surface area contributed by atoms with Crippen molar-refractivity contribution in [1.82, 2.24) is 0 Å². The van der Waals surface area contributed by atoms with Crippen molar-refractivity contribution in [3.05, 3.63) is 46.3 Å². The van der Waals surface area contributed by atoms with Gasteiger partial charge < -0.3 is 42.6 Å². The van der Waals surface area contributed by atoms with Gasteiger partial charge in [-0.25, -0.2) is 0 Å². The van der Waals surface area contributed by atoms with E-state index in [0.29, 0.717) is 39.3 Å². The van der Waals surface area contributed by atoms with Crippen LogP contribution in [0.4, 0.5) is 0 Å². The standard InChI is InChI=1S/C38H63N3O10/c1-6-10-22-44-30(20-17-21-32(42)43-5)33(45-23-11-7-2)29(40-41-39)26-48-38-36(47-25-13-9-4)35(46-24-12-8-3)34-31(50-38)27-49-37(51-34)28-18-15-14-16-19-28/h14-16,18-19,29-31,33-38H,6-13,17,20-27H2,1-5H3/t29-,30+,31?,33-,34-,35-,36?,37?,38-/m0/s1. The van der Waals surface area contributed by atoms with E-state index in [0.717, 1.165) is 56.9 Å². The van der Waals surface area contributed by atoms with Crippen LogP contribution in [0.25, 0.3) is 10.4 Å². The van der Waals surface area contributed by atoms with Crippen molar-refractivity contribution in [1.29, 1.82) is 0 Å². The van der Waals surface area contributed by atoms with E-state index in [2.05, 4.69) is 37.7 Å². The zero-order valence-corrected chi connectivity index (χ0v) is 31.5. The fraction of sp³-hybridized carbons (Fsp3) is 0.816. The van der Waals surface area contributed by atoms with E-state index in [1.54, 1.807) is 0 Å². The summed E-state index contributed by atoms with van der Waals surface area (Å²) in [5.41, 5.74) is 10.7. The van der Waals surface area contributed by atoms with Crippen LogP contribution in [-0.4, -0.2) is 102 Å². The highest BCUT2D eigenvalue weighted by Crippen LogP contribution is 2.37. The normalized spacial score (nSPS) is 25.0. The fourth-order valence-corrected chi connectivity index (χ4v) is 6.11. The van der Waals surface area contributed by atoms with Gasteiger partial charge in [-0.05, 0) is 44.1 Å². The molecule has 13 heteroatoms. The molecule has 3 unspecified atom stereocenters. The van der Waals surface area contributed by atoms with Crippen LogP contribution in [0.1, 0.15) is 110 Å². The summed E-state index contributed by atoms with van der Waals surface area (Å²) in [6.45, 7) is 10.7. The van der Waals surface area contributed by atoms with Crippen molar-refractivity contribution in [2.75, 3.05) is 46.8 Å². The molecule has 13 nitrogen and oxygen atoms in total. The summed E-state index contributed by atoms with van der Waals surface area (Å²) in [6, 6.07) is 9.08. The lowest BCUT2D eigenvalue weighted by Crippen LogP contribution is -2.64. The van der Waals surface area contributed by atoms with Crippen LogP contribution in [0.2, 0.25) is 0 Å². The Balaban J connectivity index is 1.87. The van der Waals surface area contributed by atoms with Crippen LogP contribution in [-0.2, 0) is 47.4 Å². The first-order valence-corrected chi connectivity index (χ1v) is 19.2. The maximum Gasteiger partial charge on any atom is 0.305 e. The number of fused-ring (bicyclic) bond motifs is 1. The Morgan fingerprint density at radius 3 is 2.16 bits per heavy atom.